The van der Waals surface area contributed by atoms with Crippen molar-refractivity contribution >= 4 is 35.0 Å². The highest BCUT2D eigenvalue weighted by Crippen LogP contribution is 2.21. The van der Waals surface area contributed by atoms with Gasteiger partial charge in [0.05, 0.1) is 0 Å². The molecular weight excluding hydrogens is 283 g/mol. The number of nitrogens with zero attached hydrogens (tertiary/aromatic N) is 2. The highest BCUT2D eigenvalue weighted by atomic mass is 35.5. The second-order valence-corrected chi connectivity index (χ2v) is 5.01. The fourth-order valence-electron chi connectivity index (χ4n) is 1.73. The molecule has 0 saturated carbocycles. The third-order valence-electron chi connectivity index (χ3n) is 2.59. The summed E-state index contributed by atoms with van der Waals surface area (Å²) < 4.78 is 0. The SMILES string of the molecule is Cc1cc(NCCc2ccc(Cl)cc2Cl)nc(N)n1. The van der Waals surface area contributed by atoms with Gasteiger partial charge in [0.25, 0.3) is 0 Å². The van der Waals surface area contributed by atoms with Crippen LogP contribution in [0, 0.1) is 6.92 Å². The van der Waals surface area contributed by atoms with E-state index in [-0.39, 0.29) is 5.95 Å². The van der Waals surface area contributed by atoms with Crippen LogP contribution in [0.2, 0.25) is 10.0 Å². The van der Waals surface area contributed by atoms with Gasteiger partial charge in [0.1, 0.15) is 5.82 Å². The summed E-state index contributed by atoms with van der Waals surface area (Å²) in [4.78, 5) is 8.12. The van der Waals surface area contributed by atoms with Crippen LogP contribution in [0.25, 0.3) is 0 Å². The molecule has 2 aromatic rings. The minimum absolute atomic E-state index is 0.270. The van der Waals surface area contributed by atoms with Gasteiger partial charge in [-0.2, -0.15) is 4.98 Å². The number of rotatable bonds is 4. The molecule has 0 atom stereocenters. The van der Waals surface area contributed by atoms with E-state index in [4.69, 9.17) is 28.9 Å². The Morgan fingerprint density at radius 1 is 1.21 bits per heavy atom. The third-order valence-corrected chi connectivity index (χ3v) is 3.17. The number of halogens is 2. The fourth-order valence-corrected chi connectivity index (χ4v) is 2.23. The summed E-state index contributed by atoms with van der Waals surface area (Å²) in [5.74, 6) is 0.988. The van der Waals surface area contributed by atoms with Crippen molar-refractivity contribution in [3.8, 4) is 0 Å². The van der Waals surface area contributed by atoms with Gasteiger partial charge in [0, 0.05) is 28.4 Å². The van der Waals surface area contributed by atoms with Crippen LogP contribution in [-0.4, -0.2) is 16.5 Å². The van der Waals surface area contributed by atoms with Crippen LogP contribution < -0.4 is 11.1 Å². The van der Waals surface area contributed by atoms with Gasteiger partial charge in [-0.25, -0.2) is 4.98 Å². The smallest absolute Gasteiger partial charge is 0.222 e. The van der Waals surface area contributed by atoms with Crippen LogP contribution in [0.4, 0.5) is 11.8 Å². The Morgan fingerprint density at radius 2 is 2.00 bits per heavy atom. The van der Waals surface area contributed by atoms with Crippen molar-refractivity contribution in [1.29, 1.82) is 0 Å². The standard InChI is InChI=1S/C13H14Cl2N4/c1-8-6-12(19-13(16)18-8)17-5-4-9-2-3-10(14)7-11(9)15/h2-3,6-7H,4-5H2,1H3,(H3,16,17,18,19). The molecule has 1 aromatic carbocycles. The fraction of sp³-hybridized carbons (Fsp3) is 0.231. The average Bonchev–Trinajstić information content (AvgIpc) is 2.30. The maximum atomic E-state index is 6.10. The Bertz CT molecular complexity index is 567. The molecule has 2 rings (SSSR count). The van der Waals surface area contributed by atoms with Gasteiger partial charge in [-0.3, -0.25) is 0 Å². The largest absolute Gasteiger partial charge is 0.370 e. The van der Waals surface area contributed by atoms with E-state index < -0.39 is 0 Å². The molecule has 0 bridgehead atoms. The Kier molecular flexibility index (Phi) is 4.45. The number of hydrogen-bond donors (Lipinski definition) is 2. The lowest BCUT2D eigenvalue weighted by molar-refractivity contribution is 0.996. The van der Waals surface area contributed by atoms with E-state index in [9.17, 15) is 0 Å². The van der Waals surface area contributed by atoms with Crippen LogP contribution in [0.3, 0.4) is 0 Å². The van der Waals surface area contributed by atoms with E-state index >= 15 is 0 Å². The first-order chi connectivity index (χ1) is 9.04. The van der Waals surface area contributed by atoms with Crippen molar-refractivity contribution in [2.45, 2.75) is 13.3 Å². The molecule has 19 heavy (non-hydrogen) atoms. The van der Waals surface area contributed by atoms with E-state index in [1.165, 1.54) is 0 Å². The van der Waals surface area contributed by atoms with Crippen molar-refractivity contribution in [2.75, 3.05) is 17.6 Å². The lowest BCUT2D eigenvalue weighted by Gasteiger charge is -2.08. The molecule has 6 heteroatoms. The molecule has 3 N–H and O–H groups in total. The summed E-state index contributed by atoms with van der Waals surface area (Å²) >= 11 is 12.0. The summed E-state index contributed by atoms with van der Waals surface area (Å²) in [6.07, 6.45) is 0.777. The van der Waals surface area contributed by atoms with Gasteiger partial charge in [0.2, 0.25) is 5.95 Å². The number of nitrogens with two attached hydrogens (primary N) is 1. The molecule has 1 aromatic heterocycles. The number of hydrogen-bond acceptors (Lipinski definition) is 4. The molecular formula is C13H14Cl2N4. The normalized spacial score (nSPS) is 10.5. The first-order valence-corrected chi connectivity index (χ1v) is 6.59. The number of benzene rings is 1. The molecule has 0 aliphatic rings. The van der Waals surface area contributed by atoms with Crippen LogP contribution in [-0.2, 0) is 6.42 Å². The van der Waals surface area contributed by atoms with E-state index in [2.05, 4.69) is 15.3 Å². The predicted molar refractivity (Wildman–Crippen MR) is 79.8 cm³/mol. The molecule has 100 valence electrons. The van der Waals surface area contributed by atoms with Crippen molar-refractivity contribution in [3.63, 3.8) is 0 Å². The minimum atomic E-state index is 0.270. The zero-order valence-corrected chi connectivity index (χ0v) is 12.0. The molecule has 0 spiro atoms. The lowest BCUT2D eigenvalue weighted by atomic mass is 10.1. The zero-order valence-electron chi connectivity index (χ0n) is 10.5. The van der Waals surface area contributed by atoms with Crippen molar-refractivity contribution < 1.29 is 0 Å². The number of anilines is 2. The Labute approximate surface area is 122 Å². The molecule has 4 nitrogen and oxygen atoms in total. The molecule has 0 amide bonds. The van der Waals surface area contributed by atoms with Crippen molar-refractivity contribution in [1.82, 2.24) is 9.97 Å². The zero-order chi connectivity index (χ0) is 13.8. The van der Waals surface area contributed by atoms with E-state index in [1.54, 1.807) is 6.07 Å². The van der Waals surface area contributed by atoms with Gasteiger partial charge in [-0.05, 0) is 31.0 Å². The summed E-state index contributed by atoms with van der Waals surface area (Å²) in [6, 6.07) is 7.34. The second kappa shape index (κ2) is 6.08. The summed E-state index contributed by atoms with van der Waals surface area (Å²) in [5.41, 5.74) is 7.46. The van der Waals surface area contributed by atoms with Crippen LogP contribution in [0.1, 0.15) is 11.3 Å². The van der Waals surface area contributed by atoms with Crippen molar-refractivity contribution in [2.24, 2.45) is 0 Å². The third kappa shape index (κ3) is 3.98. The highest BCUT2D eigenvalue weighted by molar-refractivity contribution is 6.35. The Hall–Kier alpha value is -1.52. The van der Waals surface area contributed by atoms with Crippen LogP contribution >= 0.6 is 23.2 Å². The molecule has 0 fully saturated rings. The lowest BCUT2D eigenvalue weighted by Crippen LogP contribution is -2.08. The molecule has 0 radical (unpaired) electrons. The Morgan fingerprint density at radius 3 is 2.68 bits per heavy atom. The molecule has 0 saturated heterocycles. The van der Waals surface area contributed by atoms with E-state index in [1.807, 2.05) is 25.1 Å². The monoisotopic (exact) mass is 296 g/mol. The molecule has 0 aliphatic carbocycles. The Balaban J connectivity index is 1.96. The average molecular weight is 297 g/mol. The second-order valence-electron chi connectivity index (χ2n) is 4.17. The maximum absolute atomic E-state index is 6.10. The van der Waals surface area contributed by atoms with Crippen LogP contribution in [0.15, 0.2) is 24.3 Å². The first-order valence-electron chi connectivity index (χ1n) is 5.83. The number of nitrogen functional groups attached to an aromatic ring is 1. The molecule has 0 unspecified atom stereocenters. The first kappa shape index (κ1) is 13.9. The van der Waals surface area contributed by atoms with Crippen LogP contribution in [0.5, 0.6) is 0 Å². The van der Waals surface area contributed by atoms with Gasteiger partial charge in [-0.1, -0.05) is 29.3 Å². The van der Waals surface area contributed by atoms with E-state index in [0.717, 1.165) is 23.5 Å². The summed E-state index contributed by atoms with van der Waals surface area (Å²) in [5, 5.41) is 4.51. The predicted octanol–water partition coefficient (Wildman–Crippen LogP) is 3.33. The number of aryl methyl sites for hydroxylation is 1. The van der Waals surface area contributed by atoms with Gasteiger partial charge >= 0.3 is 0 Å². The number of nitrogens with one attached hydrogen (secondary N) is 1. The van der Waals surface area contributed by atoms with Gasteiger partial charge < -0.3 is 11.1 Å². The maximum Gasteiger partial charge on any atom is 0.222 e. The van der Waals surface area contributed by atoms with E-state index in [0.29, 0.717) is 16.6 Å². The van der Waals surface area contributed by atoms with Gasteiger partial charge in [0.15, 0.2) is 0 Å². The number of aromatic nitrogens is 2. The topological polar surface area (TPSA) is 63.8 Å². The van der Waals surface area contributed by atoms with Gasteiger partial charge in [-0.15, -0.1) is 0 Å². The summed E-state index contributed by atoms with van der Waals surface area (Å²) in [7, 11) is 0. The highest BCUT2D eigenvalue weighted by Gasteiger charge is 2.02. The quantitative estimate of drug-likeness (QED) is 0.908. The molecule has 1 heterocycles. The summed E-state index contributed by atoms with van der Waals surface area (Å²) in [6.45, 7) is 2.58. The molecule has 0 aliphatic heterocycles. The van der Waals surface area contributed by atoms with Crippen molar-refractivity contribution in [3.05, 3.63) is 45.6 Å². The minimum Gasteiger partial charge on any atom is -0.370 e.